The second-order valence-corrected chi connectivity index (χ2v) is 5.98. The first kappa shape index (κ1) is 11.3. The minimum Gasteiger partial charge on any atom is -0.396 e. The van der Waals surface area contributed by atoms with Crippen LogP contribution >= 0.6 is 11.8 Å². The standard InChI is InChI=1S/C11H18N2OS/c12-8-11(13-9-1-2-9)4-3-10(7-11)15-6-5-14/h9-10,13-14H,1-7H2. The van der Waals surface area contributed by atoms with Crippen molar-refractivity contribution < 1.29 is 5.11 Å². The molecule has 0 aliphatic heterocycles. The molecule has 2 N–H and O–H groups in total. The Bertz CT molecular complexity index is 262. The molecule has 0 spiro atoms. The van der Waals surface area contributed by atoms with E-state index in [-0.39, 0.29) is 12.1 Å². The number of hydrogen-bond donors (Lipinski definition) is 2. The minimum absolute atomic E-state index is 0.247. The fraction of sp³-hybridized carbons (Fsp3) is 0.909. The van der Waals surface area contributed by atoms with E-state index in [1.807, 2.05) is 11.8 Å². The van der Waals surface area contributed by atoms with Crippen LogP contribution in [0.2, 0.25) is 0 Å². The molecule has 2 fully saturated rings. The van der Waals surface area contributed by atoms with Crippen LogP contribution in [0.4, 0.5) is 0 Å². The normalized spacial score (nSPS) is 35.3. The monoisotopic (exact) mass is 226 g/mol. The fourth-order valence-corrected chi connectivity index (χ4v) is 3.37. The van der Waals surface area contributed by atoms with Gasteiger partial charge in [0.15, 0.2) is 0 Å². The van der Waals surface area contributed by atoms with E-state index in [1.165, 1.54) is 12.8 Å². The van der Waals surface area contributed by atoms with Gasteiger partial charge in [-0.2, -0.15) is 17.0 Å². The number of nitriles is 1. The highest BCUT2D eigenvalue weighted by atomic mass is 32.2. The van der Waals surface area contributed by atoms with Crippen molar-refractivity contribution in [1.82, 2.24) is 5.32 Å². The fourth-order valence-electron chi connectivity index (χ4n) is 2.25. The summed E-state index contributed by atoms with van der Waals surface area (Å²) >= 11 is 1.81. The van der Waals surface area contributed by atoms with Crippen molar-refractivity contribution in [3.8, 4) is 6.07 Å². The van der Waals surface area contributed by atoms with Gasteiger partial charge in [0.2, 0.25) is 0 Å². The third-order valence-corrected chi connectivity index (χ3v) is 4.48. The van der Waals surface area contributed by atoms with Gasteiger partial charge in [-0.1, -0.05) is 0 Å². The molecule has 2 unspecified atom stereocenters. The lowest BCUT2D eigenvalue weighted by Gasteiger charge is -2.22. The Balaban J connectivity index is 1.84. The maximum absolute atomic E-state index is 9.27. The Morgan fingerprint density at radius 3 is 2.87 bits per heavy atom. The van der Waals surface area contributed by atoms with E-state index in [0.29, 0.717) is 11.3 Å². The molecule has 3 nitrogen and oxygen atoms in total. The average Bonchev–Trinajstić information content (AvgIpc) is 2.96. The third kappa shape index (κ3) is 2.87. The van der Waals surface area contributed by atoms with Gasteiger partial charge in [-0.05, 0) is 32.1 Å². The van der Waals surface area contributed by atoms with Crippen LogP contribution < -0.4 is 5.32 Å². The van der Waals surface area contributed by atoms with Crippen LogP contribution in [-0.4, -0.2) is 34.3 Å². The number of hydrogen-bond acceptors (Lipinski definition) is 4. The molecule has 2 saturated carbocycles. The maximum Gasteiger partial charge on any atom is 0.108 e. The van der Waals surface area contributed by atoms with Crippen LogP contribution in [0.5, 0.6) is 0 Å². The van der Waals surface area contributed by atoms with Gasteiger partial charge in [0.1, 0.15) is 5.54 Å². The second kappa shape index (κ2) is 4.73. The van der Waals surface area contributed by atoms with Gasteiger partial charge in [-0.3, -0.25) is 5.32 Å². The number of aliphatic hydroxyl groups excluding tert-OH is 1. The van der Waals surface area contributed by atoms with Crippen LogP contribution in [0.1, 0.15) is 32.1 Å². The van der Waals surface area contributed by atoms with Crippen molar-refractivity contribution in [2.75, 3.05) is 12.4 Å². The summed E-state index contributed by atoms with van der Waals surface area (Å²) in [4.78, 5) is 0. The predicted octanol–water partition coefficient (Wildman–Crippen LogP) is 1.28. The van der Waals surface area contributed by atoms with Crippen molar-refractivity contribution in [2.45, 2.75) is 48.9 Å². The quantitative estimate of drug-likeness (QED) is 0.741. The lowest BCUT2D eigenvalue weighted by molar-refractivity contribution is 0.322. The van der Waals surface area contributed by atoms with E-state index >= 15 is 0 Å². The van der Waals surface area contributed by atoms with Crippen LogP contribution in [0.15, 0.2) is 0 Å². The Morgan fingerprint density at radius 1 is 1.47 bits per heavy atom. The molecule has 2 aliphatic carbocycles. The molecule has 0 saturated heterocycles. The van der Waals surface area contributed by atoms with E-state index in [0.717, 1.165) is 25.0 Å². The van der Waals surface area contributed by atoms with Crippen molar-refractivity contribution in [2.24, 2.45) is 0 Å². The highest BCUT2D eigenvalue weighted by Crippen LogP contribution is 2.38. The van der Waals surface area contributed by atoms with Gasteiger partial charge in [0.05, 0.1) is 12.7 Å². The lowest BCUT2D eigenvalue weighted by Crippen LogP contribution is -2.43. The highest BCUT2D eigenvalue weighted by molar-refractivity contribution is 7.99. The molecule has 2 aliphatic rings. The molecular formula is C11H18N2OS. The maximum atomic E-state index is 9.27. The minimum atomic E-state index is -0.256. The summed E-state index contributed by atoms with van der Waals surface area (Å²) in [6, 6.07) is 3.07. The molecule has 15 heavy (non-hydrogen) atoms. The zero-order valence-electron chi connectivity index (χ0n) is 8.91. The molecule has 0 aromatic carbocycles. The Labute approximate surface area is 95.2 Å². The summed E-state index contributed by atoms with van der Waals surface area (Å²) in [5.41, 5.74) is -0.256. The number of thioether (sulfide) groups is 1. The van der Waals surface area contributed by atoms with E-state index in [9.17, 15) is 5.26 Å². The molecule has 0 bridgehead atoms. The molecular weight excluding hydrogens is 208 g/mol. The van der Waals surface area contributed by atoms with Crippen molar-refractivity contribution >= 4 is 11.8 Å². The summed E-state index contributed by atoms with van der Waals surface area (Å²) in [6.45, 7) is 0.247. The smallest absolute Gasteiger partial charge is 0.108 e. The number of nitrogens with one attached hydrogen (secondary N) is 1. The Morgan fingerprint density at radius 2 is 2.27 bits per heavy atom. The summed E-state index contributed by atoms with van der Waals surface area (Å²) < 4.78 is 0. The lowest BCUT2D eigenvalue weighted by atomic mass is 10.00. The zero-order chi connectivity index (χ0) is 10.7. The number of aliphatic hydroxyl groups is 1. The average molecular weight is 226 g/mol. The van der Waals surface area contributed by atoms with E-state index in [4.69, 9.17) is 5.11 Å². The van der Waals surface area contributed by atoms with Crippen molar-refractivity contribution in [3.63, 3.8) is 0 Å². The summed E-state index contributed by atoms with van der Waals surface area (Å²) in [7, 11) is 0. The number of rotatable bonds is 5. The van der Waals surface area contributed by atoms with Gasteiger partial charge in [0.25, 0.3) is 0 Å². The molecule has 2 atom stereocenters. The first-order valence-corrected chi connectivity index (χ1v) is 6.74. The molecule has 0 amide bonds. The van der Waals surface area contributed by atoms with Crippen molar-refractivity contribution in [3.05, 3.63) is 0 Å². The van der Waals surface area contributed by atoms with Crippen LogP contribution in [0.3, 0.4) is 0 Å². The number of nitrogens with zero attached hydrogens (tertiary/aromatic N) is 1. The van der Waals surface area contributed by atoms with E-state index < -0.39 is 0 Å². The van der Waals surface area contributed by atoms with Gasteiger partial charge < -0.3 is 5.11 Å². The van der Waals surface area contributed by atoms with Crippen LogP contribution in [-0.2, 0) is 0 Å². The first-order chi connectivity index (χ1) is 7.28. The van der Waals surface area contributed by atoms with E-state index in [1.54, 1.807) is 0 Å². The van der Waals surface area contributed by atoms with Crippen LogP contribution in [0, 0.1) is 11.3 Å². The van der Waals surface area contributed by atoms with Crippen molar-refractivity contribution in [1.29, 1.82) is 5.26 Å². The zero-order valence-corrected chi connectivity index (χ0v) is 9.72. The predicted molar refractivity (Wildman–Crippen MR) is 61.7 cm³/mol. The first-order valence-electron chi connectivity index (χ1n) is 5.69. The van der Waals surface area contributed by atoms with Gasteiger partial charge in [-0.15, -0.1) is 0 Å². The summed E-state index contributed by atoms with van der Waals surface area (Å²) in [5.74, 6) is 0.801. The molecule has 0 heterocycles. The molecule has 0 radical (unpaired) electrons. The molecule has 0 aromatic heterocycles. The molecule has 4 heteroatoms. The topological polar surface area (TPSA) is 56.0 Å². The molecule has 2 rings (SSSR count). The summed E-state index contributed by atoms with van der Waals surface area (Å²) in [6.07, 6.45) is 5.50. The largest absolute Gasteiger partial charge is 0.396 e. The highest BCUT2D eigenvalue weighted by Gasteiger charge is 2.42. The molecule has 0 aromatic rings. The van der Waals surface area contributed by atoms with Gasteiger partial charge >= 0.3 is 0 Å². The van der Waals surface area contributed by atoms with E-state index in [2.05, 4.69) is 11.4 Å². The molecule has 84 valence electrons. The Kier molecular flexibility index (Phi) is 3.55. The summed E-state index contributed by atoms with van der Waals surface area (Å²) in [5, 5.41) is 22.1. The van der Waals surface area contributed by atoms with Crippen LogP contribution in [0.25, 0.3) is 0 Å². The van der Waals surface area contributed by atoms with Gasteiger partial charge in [-0.25, -0.2) is 0 Å². The third-order valence-electron chi connectivity index (χ3n) is 3.19. The Hall–Kier alpha value is -0.240. The van der Waals surface area contributed by atoms with Gasteiger partial charge in [0, 0.05) is 17.0 Å². The SMILES string of the molecule is N#CC1(NC2CC2)CCC(SCCO)C1. The second-order valence-electron chi connectivity index (χ2n) is 4.57.